The molecule has 0 saturated carbocycles. The van der Waals surface area contributed by atoms with E-state index in [2.05, 4.69) is 5.32 Å². The van der Waals surface area contributed by atoms with E-state index in [1.807, 2.05) is 13.8 Å². The van der Waals surface area contributed by atoms with Crippen molar-refractivity contribution in [1.29, 1.82) is 0 Å². The van der Waals surface area contributed by atoms with Crippen molar-refractivity contribution in [3.8, 4) is 5.75 Å². The fourth-order valence-corrected chi connectivity index (χ4v) is 1.34. The van der Waals surface area contributed by atoms with Gasteiger partial charge in [-0.25, -0.2) is 4.39 Å². The Bertz CT molecular complexity index is 407. The van der Waals surface area contributed by atoms with Gasteiger partial charge in [0.05, 0.1) is 12.2 Å². The molecule has 0 radical (unpaired) electrons. The van der Waals surface area contributed by atoms with Gasteiger partial charge in [-0.15, -0.1) is 0 Å². The van der Waals surface area contributed by atoms with Crippen molar-refractivity contribution in [2.45, 2.75) is 13.8 Å². The standard InChI is InChI=1S/C13H18FNO3/c1-9(2)8-18-6-5-15-13(17)11-4-3-10(16)7-12(11)14/h3-4,7,9,16H,5-6,8H2,1-2H3,(H,15,17). The molecule has 0 saturated heterocycles. The lowest BCUT2D eigenvalue weighted by atomic mass is 10.2. The second kappa shape index (κ2) is 6.96. The predicted molar refractivity (Wildman–Crippen MR) is 66.1 cm³/mol. The summed E-state index contributed by atoms with van der Waals surface area (Å²) in [4.78, 5) is 11.6. The van der Waals surface area contributed by atoms with Crippen LogP contribution in [0.2, 0.25) is 0 Å². The van der Waals surface area contributed by atoms with Crippen LogP contribution in [0.25, 0.3) is 0 Å². The first-order valence-electron chi connectivity index (χ1n) is 5.85. The van der Waals surface area contributed by atoms with Gasteiger partial charge in [-0.3, -0.25) is 4.79 Å². The van der Waals surface area contributed by atoms with Gasteiger partial charge in [-0.1, -0.05) is 13.8 Å². The summed E-state index contributed by atoms with van der Waals surface area (Å²) in [6.07, 6.45) is 0. The zero-order chi connectivity index (χ0) is 13.5. The lowest BCUT2D eigenvalue weighted by Crippen LogP contribution is -2.28. The van der Waals surface area contributed by atoms with E-state index in [0.717, 1.165) is 6.07 Å². The van der Waals surface area contributed by atoms with Crippen LogP contribution < -0.4 is 5.32 Å². The fraction of sp³-hybridized carbons (Fsp3) is 0.462. The first kappa shape index (κ1) is 14.4. The van der Waals surface area contributed by atoms with Crippen molar-refractivity contribution in [1.82, 2.24) is 5.32 Å². The summed E-state index contributed by atoms with van der Waals surface area (Å²) in [6, 6.07) is 3.42. The minimum atomic E-state index is -0.740. The molecule has 1 aromatic rings. The molecule has 100 valence electrons. The zero-order valence-corrected chi connectivity index (χ0v) is 10.6. The maximum absolute atomic E-state index is 13.3. The molecule has 0 aliphatic heterocycles. The van der Waals surface area contributed by atoms with E-state index < -0.39 is 11.7 Å². The van der Waals surface area contributed by atoms with Gasteiger partial charge in [-0.05, 0) is 18.1 Å². The van der Waals surface area contributed by atoms with Gasteiger partial charge in [0.2, 0.25) is 0 Å². The number of carbonyl (C=O) groups is 1. The van der Waals surface area contributed by atoms with E-state index in [9.17, 15) is 9.18 Å². The molecule has 18 heavy (non-hydrogen) atoms. The Balaban J connectivity index is 2.36. The minimum absolute atomic E-state index is 0.0864. The van der Waals surface area contributed by atoms with E-state index >= 15 is 0 Å². The fourth-order valence-electron chi connectivity index (χ4n) is 1.34. The summed E-state index contributed by atoms with van der Waals surface area (Å²) in [7, 11) is 0. The summed E-state index contributed by atoms with van der Waals surface area (Å²) in [5.41, 5.74) is -0.0864. The van der Waals surface area contributed by atoms with Crippen LogP contribution in [0.4, 0.5) is 4.39 Å². The number of hydrogen-bond donors (Lipinski definition) is 2. The molecule has 0 spiro atoms. The number of benzene rings is 1. The summed E-state index contributed by atoms with van der Waals surface area (Å²) in [5, 5.41) is 11.6. The first-order chi connectivity index (χ1) is 8.50. The maximum Gasteiger partial charge on any atom is 0.254 e. The Morgan fingerprint density at radius 1 is 1.50 bits per heavy atom. The van der Waals surface area contributed by atoms with Crippen LogP contribution in [0.15, 0.2) is 18.2 Å². The van der Waals surface area contributed by atoms with Gasteiger partial charge in [0.15, 0.2) is 0 Å². The molecule has 0 fully saturated rings. The Hall–Kier alpha value is -1.62. The quantitative estimate of drug-likeness (QED) is 0.764. The third-order valence-electron chi connectivity index (χ3n) is 2.18. The molecule has 1 aromatic carbocycles. The maximum atomic E-state index is 13.3. The second-order valence-electron chi connectivity index (χ2n) is 4.39. The van der Waals surface area contributed by atoms with Crippen molar-refractivity contribution >= 4 is 5.91 Å². The number of carbonyl (C=O) groups excluding carboxylic acids is 1. The number of phenols is 1. The number of aromatic hydroxyl groups is 1. The number of phenolic OH excluding ortho intramolecular Hbond substituents is 1. The van der Waals surface area contributed by atoms with Crippen LogP contribution in [0.1, 0.15) is 24.2 Å². The molecule has 0 unspecified atom stereocenters. The van der Waals surface area contributed by atoms with E-state index in [0.29, 0.717) is 25.7 Å². The molecule has 0 aliphatic rings. The molecule has 2 N–H and O–H groups in total. The highest BCUT2D eigenvalue weighted by Gasteiger charge is 2.11. The average Bonchev–Trinajstić information content (AvgIpc) is 2.27. The molecule has 0 atom stereocenters. The van der Waals surface area contributed by atoms with Crippen LogP contribution in [0.5, 0.6) is 5.75 Å². The van der Waals surface area contributed by atoms with Crippen molar-refractivity contribution in [2.75, 3.05) is 19.8 Å². The SMILES string of the molecule is CC(C)COCCNC(=O)c1ccc(O)cc1F. The molecule has 0 aromatic heterocycles. The number of amides is 1. The molecule has 0 aliphatic carbocycles. The molecular formula is C13H18FNO3. The number of rotatable bonds is 6. The highest BCUT2D eigenvalue weighted by atomic mass is 19.1. The smallest absolute Gasteiger partial charge is 0.254 e. The normalized spacial score (nSPS) is 10.7. The van der Waals surface area contributed by atoms with E-state index in [-0.39, 0.29) is 11.3 Å². The van der Waals surface area contributed by atoms with Crippen molar-refractivity contribution in [3.05, 3.63) is 29.6 Å². The van der Waals surface area contributed by atoms with Crippen LogP contribution in [-0.2, 0) is 4.74 Å². The Morgan fingerprint density at radius 3 is 2.83 bits per heavy atom. The topological polar surface area (TPSA) is 58.6 Å². The van der Waals surface area contributed by atoms with Gasteiger partial charge < -0.3 is 15.2 Å². The summed E-state index contributed by atoms with van der Waals surface area (Å²) >= 11 is 0. The molecule has 1 rings (SSSR count). The monoisotopic (exact) mass is 255 g/mol. The minimum Gasteiger partial charge on any atom is -0.508 e. The molecule has 4 nitrogen and oxygen atoms in total. The molecule has 1 amide bonds. The number of nitrogens with one attached hydrogen (secondary N) is 1. The van der Waals surface area contributed by atoms with Crippen molar-refractivity contribution in [3.63, 3.8) is 0 Å². The highest BCUT2D eigenvalue weighted by Crippen LogP contribution is 2.14. The van der Waals surface area contributed by atoms with Crippen LogP contribution in [-0.4, -0.2) is 30.8 Å². The summed E-state index contributed by atoms with van der Waals surface area (Å²) in [6.45, 7) is 5.41. The van der Waals surface area contributed by atoms with Crippen LogP contribution in [0, 0.1) is 11.7 Å². The van der Waals surface area contributed by atoms with Gasteiger partial charge in [-0.2, -0.15) is 0 Å². The second-order valence-corrected chi connectivity index (χ2v) is 4.39. The van der Waals surface area contributed by atoms with E-state index in [1.54, 1.807) is 0 Å². The van der Waals surface area contributed by atoms with Crippen molar-refractivity contribution < 1.29 is 19.0 Å². The summed E-state index contributed by atoms with van der Waals surface area (Å²) < 4.78 is 18.6. The molecule has 0 heterocycles. The van der Waals surface area contributed by atoms with Crippen molar-refractivity contribution in [2.24, 2.45) is 5.92 Å². The number of ether oxygens (including phenoxy) is 1. The van der Waals surface area contributed by atoms with E-state index in [4.69, 9.17) is 9.84 Å². The Kier molecular flexibility index (Phi) is 5.58. The lowest BCUT2D eigenvalue weighted by molar-refractivity contribution is 0.0883. The number of hydrogen-bond acceptors (Lipinski definition) is 3. The Morgan fingerprint density at radius 2 is 2.22 bits per heavy atom. The molecule has 0 bridgehead atoms. The average molecular weight is 255 g/mol. The zero-order valence-electron chi connectivity index (χ0n) is 10.6. The number of halogens is 1. The molecular weight excluding hydrogens is 237 g/mol. The third kappa shape index (κ3) is 4.71. The largest absolute Gasteiger partial charge is 0.508 e. The Labute approximate surface area is 106 Å². The lowest BCUT2D eigenvalue weighted by Gasteiger charge is -2.08. The van der Waals surface area contributed by atoms with Gasteiger partial charge in [0.1, 0.15) is 11.6 Å². The van der Waals surface area contributed by atoms with Crippen LogP contribution >= 0.6 is 0 Å². The third-order valence-corrected chi connectivity index (χ3v) is 2.18. The van der Waals surface area contributed by atoms with Gasteiger partial charge in [0.25, 0.3) is 5.91 Å². The predicted octanol–water partition coefficient (Wildman–Crippen LogP) is 1.93. The van der Waals surface area contributed by atoms with Gasteiger partial charge in [0, 0.05) is 19.2 Å². The first-order valence-corrected chi connectivity index (χ1v) is 5.85. The molecule has 5 heteroatoms. The van der Waals surface area contributed by atoms with E-state index in [1.165, 1.54) is 12.1 Å². The summed E-state index contributed by atoms with van der Waals surface area (Å²) in [5.74, 6) is -1.02. The van der Waals surface area contributed by atoms with Crippen LogP contribution in [0.3, 0.4) is 0 Å². The van der Waals surface area contributed by atoms with Gasteiger partial charge >= 0.3 is 0 Å². The highest BCUT2D eigenvalue weighted by molar-refractivity contribution is 5.94.